The maximum absolute atomic E-state index is 13.1. The smallest absolute Gasteiger partial charge is 0.417 e. The van der Waals surface area contributed by atoms with Crippen LogP contribution < -0.4 is 4.74 Å². The first-order valence-corrected chi connectivity index (χ1v) is 6.34. The predicted octanol–water partition coefficient (Wildman–Crippen LogP) is 5.08. The third kappa shape index (κ3) is 2.79. The van der Waals surface area contributed by atoms with Gasteiger partial charge in [-0.15, -0.1) is 0 Å². The van der Waals surface area contributed by atoms with Crippen molar-refractivity contribution in [2.24, 2.45) is 0 Å². The van der Waals surface area contributed by atoms with Gasteiger partial charge in [-0.2, -0.15) is 13.2 Å². The van der Waals surface area contributed by atoms with Crippen molar-refractivity contribution < 1.29 is 17.9 Å². The van der Waals surface area contributed by atoms with Gasteiger partial charge in [-0.1, -0.05) is 36.4 Å². The minimum atomic E-state index is -4.39. The lowest BCUT2D eigenvalue weighted by atomic mass is 9.97. The van der Waals surface area contributed by atoms with Gasteiger partial charge in [0.2, 0.25) is 0 Å². The van der Waals surface area contributed by atoms with Gasteiger partial charge in [-0.3, -0.25) is 0 Å². The summed E-state index contributed by atoms with van der Waals surface area (Å²) in [6, 6.07) is 10.8. The molecule has 20 heavy (non-hydrogen) atoms. The minimum Gasteiger partial charge on any atom is -0.493 e. The van der Waals surface area contributed by atoms with Crippen LogP contribution in [0, 0.1) is 6.92 Å². The van der Waals surface area contributed by atoms with E-state index < -0.39 is 11.7 Å². The molecule has 106 valence electrons. The molecule has 4 heteroatoms. The summed E-state index contributed by atoms with van der Waals surface area (Å²) >= 11 is 0. The Bertz CT molecular complexity index is 603. The lowest BCUT2D eigenvalue weighted by molar-refractivity contribution is -0.137. The molecular weight excluding hydrogens is 265 g/mol. The summed E-state index contributed by atoms with van der Waals surface area (Å²) in [4.78, 5) is 0. The van der Waals surface area contributed by atoms with E-state index in [2.05, 4.69) is 0 Å². The number of ether oxygens (including phenoxy) is 1. The SMILES string of the molecule is CCOc1c(C)cccc1-c1ccccc1C(F)(F)F. The Labute approximate surface area is 116 Å². The number of rotatable bonds is 3. The first-order valence-electron chi connectivity index (χ1n) is 6.34. The van der Waals surface area contributed by atoms with E-state index in [-0.39, 0.29) is 5.56 Å². The third-order valence-corrected chi connectivity index (χ3v) is 3.02. The molecule has 0 radical (unpaired) electrons. The van der Waals surface area contributed by atoms with Crippen molar-refractivity contribution in [1.29, 1.82) is 0 Å². The molecule has 2 aromatic carbocycles. The Morgan fingerprint density at radius 3 is 2.25 bits per heavy atom. The average molecular weight is 280 g/mol. The summed E-state index contributed by atoms with van der Waals surface area (Å²) in [5.74, 6) is 0.506. The molecule has 0 amide bonds. The minimum absolute atomic E-state index is 0.146. The topological polar surface area (TPSA) is 9.23 Å². The zero-order valence-corrected chi connectivity index (χ0v) is 11.3. The first kappa shape index (κ1) is 14.4. The van der Waals surface area contributed by atoms with Crippen LogP contribution >= 0.6 is 0 Å². The summed E-state index contributed by atoms with van der Waals surface area (Å²) in [6.07, 6.45) is -4.39. The number of para-hydroxylation sites is 1. The van der Waals surface area contributed by atoms with E-state index in [1.54, 1.807) is 18.2 Å². The van der Waals surface area contributed by atoms with Gasteiger partial charge in [0, 0.05) is 5.56 Å². The van der Waals surface area contributed by atoms with Gasteiger partial charge in [0.15, 0.2) is 0 Å². The number of hydrogen-bond donors (Lipinski definition) is 0. The van der Waals surface area contributed by atoms with E-state index in [0.29, 0.717) is 17.9 Å². The highest BCUT2D eigenvalue weighted by atomic mass is 19.4. The lowest BCUT2D eigenvalue weighted by Gasteiger charge is -2.17. The fraction of sp³-hybridized carbons (Fsp3) is 0.250. The van der Waals surface area contributed by atoms with Crippen LogP contribution in [0.5, 0.6) is 5.75 Å². The van der Waals surface area contributed by atoms with Gasteiger partial charge in [-0.25, -0.2) is 0 Å². The van der Waals surface area contributed by atoms with Crippen LogP contribution in [0.25, 0.3) is 11.1 Å². The molecule has 0 aliphatic heterocycles. The molecule has 0 spiro atoms. The summed E-state index contributed by atoms with van der Waals surface area (Å²) in [5.41, 5.74) is 0.791. The zero-order valence-electron chi connectivity index (χ0n) is 11.3. The van der Waals surface area contributed by atoms with Crippen molar-refractivity contribution in [3.63, 3.8) is 0 Å². The second kappa shape index (κ2) is 5.57. The summed E-state index contributed by atoms with van der Waals surface area (Å²) < 4.78 is 44.9. The molecule has 0 aliphatic carbocycles. The van der Waals surface area contributed by atoms with Crippen molar-refractivity contribution >= 4 is 0 Å². The van der Waals surface area contributed by atoms with E-state index in [1.807, 2.05) is 19.9 Å². The average Bonchev–Trinajstić information content (AvgIpc) is 2.40. The molecule has 0 unspecified atom stereocenters. The molecule has 0 bridgehead atoms. The number of aryl methyl sites for hydroxylation is 1. The Kier molecular flexibility index (Phi) is 4.02. The van der Waals surface area contributed by atoms with E-state index >= 15 is 0 Å². The number of benzene rings is 2. The maximum atomic E-state index is 13.1. The normalized spacial score (nSPS) is 11.4. The molecule has 0 fully saturated rings. The third-order valence-electron chi connectivity index (χ3n) is 3.02. The number of alkyl halides is 3. The second-order valence-corrected chi connectivity index (χ2v) is 4.43. The van der Waals surface area contributed by atoms with E-state index in [0.717, 1.165) is 11.6 Å². The second-order valence-electron chi connectivity index (χ2n) is 4.43. The molecule has 0 aliphatic rings. The Morgan fingerprint density at radius 1 is 0.950 bits per heavy atom. The van der Waals surface area contributed by atoms with Crippen molar-refractivity contribution in [2.75, 3.05) is 6.61 Å². The molecule has 0 saturated heterocycles. The van der Waals surface area contributed by atoms with Crippen LogP contribution in [0.3, 0.4) is 0 Å². The molecule has 0 saturated carbocycles. The highest BCUT2D eigenvalue weighted by Crippen LogP contribution is 2.41. The highest BCUT2D eigenvalue weighted by molar-refractivity contribution is 5.75. The van der Waals surface area contributed by atoms with Crippen LogP contribution in [0.2, 0.25) is 0 Å². The van der Waals surface area contributed by atoms with Gasteiger partial charge in [-0.05, 0) is 31.0 Å². The molecule has 0 N–H and O–H groups in total. The van der Waals surface area contributed by atoms with Crippen LogP contribution in [0.15, 0.2) is 42.5 Å². The molecule has 1 nitrogen and oxygen atoms in total. The van der Waals surface area contributed by atoms with Gasteiger partial charge in [0.25, 0.3) is 0 Å². The van der Waals surface area contributed by atoms with Gasteiger partial charge in [0.05, 0.1) is 12.2 Å². The molecule has 0 atom stereocenters. The Hall–Kier alpha value is -1.97. The van der Waals surface area contributed by atoms with Gasteiger partial charge in [0.1, 0.15) is 5.75 Å². The van der Waals surface area contributed by atoms with Gasteiger partial charge < -0.3 is 4.74 Å². The highest BCUT2D eigenvalue weighted by Gasteiger charge is 2.33. The predicted molar refractivity (Wildman–Crippen MR) is 72.8 cm³/mol. The quantitative estimate of drug-likeness (QED) is 0.761. The largest absolute Gasteiger partial charge is 0.493 e. The standard InChI is InChI=1S/C16H15F3O/c1-3-20-15-11(2)7-6-9-13(15)12-8-4-5-10-14(12)16(17,18)19/h4-10H,3H2,1-2H3. The Balaban J connectivity index is 2.66. The van der Waals surface area contributed by atoms with E-state index in [9.17, 15) is 13.2 Å². The molecule has 2 rings (SSSR count). The fourth-order valence-corrected chi connectivity index (χ4v) is 2.17. The number of halogens is 3. The summed E-state index contributed by atoms with van der Waals surface area (Å²) in [6.45, 7) is 4.04. The van der Waals surface area contributed by atoms with Crippen LogP contribution in [0.1, 0.15) is 18.1 Å². The molecule has 0 heterocycles. The number of hydrogen-bond acceptors (Lipinski definition) is 1. The zero-order chi connectivity index (χ0) is 14.8. The fourth-order valence-electron chi connectivity index (χ4n) is 2.17. The van der Waals surface area contributed by atoms with Crippen molar-refractivity contribution in [3.8, 4) is 16.9 Å². The first-order chi connectivity index (χ1) is 9.45. The van der Waals surface area contributed by atoms with Crippen molar-refractivity contribution in [1.82, 2.24) is 0 Å². The van der Waals surface area contributed by atoms with E-state index in [4.69, 9.17) is 4.74 Å². The van der Waals surface area contributed by atoms with Crippen LogP contribution in [-0.4, -0.2) is 6.61 Å². The van der Waals surface area contributed by atoms with Crippen molar-refractivity contribution in [2.45, 2.75) is 20.0 Å². The molecule has 2 aromatic rings. The van der Waals surface area contributed by atoms with Crippen LogP contribution in [0.4, 0.5) is 13.2 Å². The summed E-state index contributed by atoms with van der Waals surface area (Å²) in [5, 5.41) is 0. The van der Waals surface area contributed by atoms with Gasteiger partial charge >= 0.3 is 6.18 Å². The maximum Gasteiger partial charge on any atom is 0.417 e. The van der Waals surface area contributed by atoms with Crippen molar-refractivity contribution in [3.05, 3.63) is 53.6 Å². The summed E-state index contributed by atoms with van der Waals surface area (Å²) in [7, 11) is 0. The lowest BCUT2D eigenvalue weighted by Crippen LogP contribution is -2.07. The van der Waals surface area contributed by atoms with Crippen LogP contribution in [-0.2, 0) is 6.18 Å². The molecular formula is C16H15F3O. The monoisotopic (exact) mass is 280 g/mol. The Morgan fingerprint density at radius 2 is 1.60 bits per heavy atom. The molecule has 0 aromatic heterocycles. The van der Waals surface area contributed by atoms with E-state index in [1.165, 1.54) is 12.1 Å².